The average Bonchev–Trinajstić information content (AvgIpc) is 3.20. The summed E-state index contributed by atoms with van der Waals surface area (Å²) >= 11 is 0. The van der Waals surface area contributed by atoms with Crippen molar-refractivity contribution in [3.8, 4) is 0 Å². The van der Waals surface area contributed by atoms with Gasteiger partial charge in [-0.05, 0) is 38.0 Å². The molecule has 9 heteroatoms. The SMILES string of the molecule is C=C(C(N)=O)C(N)c1ccccc1.CC(C)(C)OC(=O)NC(Cc1c[nH]c2ccccc12)C(=O)O. The average molecular weight is 481 g/mol. The minimum absolute atomic E-state index is 0.179. The third-order valence-electron chi connectivity index (χ3n) is 4.94. The Morgan fingerprint density at radius 3 is 2.26 bits per heavy atom. The normalized spacial score (nSPS) is 12.6. The van der Waals surface area contributed by atoms with Crippen molar-refractivity contribution in [2.45, 2.75) is 44.9 Å². The number of hydrogen-bond acceptors (Lipinski definition) is 5. The van der Waals surface area contributed by atoms with E-state index in [9.17, 15) is 19.5 Å². The van der Waals surface area contributed by atoms with Crippen LogP contribution in [0.2, 0.25) is 0 Å². The molecule has 0 saturated carbocycles. The van der Waals surface area contributed by atoms with E-state index in [1.54, 1.807) is 27.0 Å². The monoisotopic (exact) mass is 480 g/mol. The Morgan fingerprint density at radius 1 is 1.09 bits per heavy atom. The summed E-state index contributed by atoms with van der Waals surface area (Å²) in [6.45, 7) is 8.70. The van der Waals surface area contributed by atoms with Crippen molar-refractivity contribution in [1.82, 2.24) is 10.3 Å². The first-order valence-corrected chi connectivity index (χ1v) is 11.0. The molecule has 0 aliphatic rings. The van der Waals surface area contributed by atoms with Crippen LogP contribution in [0, 0.1) is 0 Å². The highest BCUT2D eigenvalue weighted by Gasteiger charge is 2.25. The maximum atomic E-state index is 11.8. The van der Waals surface area contributed by atoms with Crippen molar-refractivity contribution in [2.75, 3.05) is 0 Å². The van der Waals surface area contributed by atoms with Crippen molar-refractivity contribution in [2.24, 2.45) is 11.5 Å². The Labute approximate surface area is 204 Å². The molecule has 1 aromatic heterocycles. The second-order valence-electron chi connectivity index (χ2n) is 8.88. The Morgan fingerprint density at radius 2 is 1.69 bits per heavy atom. The number of alkyl carbamates (subject to hydrolysis) is 1. The molecule has 0 spiro atoms. The third kappa shape index (κ3) is 8.31. The van der Waals surface area contributed by atoms with Crippen molar-refractivity contribution < 1.29 is 24.2 Å². The molecule has 186 valence electrons. The van der Waals surface area contributed by atoms with Gasteiger partial charge < -0.3 is 31.6 Å². The van der Waals surface area contributed by atoms with Crippen LogP contribution in [-0.4, -0.2) is 39.7 Å². The molecule has 2 unspecified atom stereocenters. The van der Waals surface area contributed by atoms with Gasteiger partial charge in [-0.2, -0.15) is 0 Å². The highest BCUT2D eigenvalue weighted by molar-refractivity contribution is 5.92. The number of primary amides is 1. The zero-order valence-electron chi connectivity index (χ0n) is 20.1. The number of ether oxygens (including phenoxy) is 1. The van der Waals surface area contributed by atoms with Gasteiger partial charge in [0.25, 0.3) is 0 Å². The van der Waals surface area contributed by atoms with E-state index in [0.717, 1.165) is 22.0 Å². The van der Waals surface area contributed by atoms with E-state index >= 15 is 0 Å². The number of H-pyrrole nitrogens is 1. The van der Waals surface area contributed by atoms with Crippen molar-refractivity contribution in [3.05, 3.63) is 84.1 Å². The van der Waals surface area contributed by atoms with Gasteiger partial charge in [-0.3, -0.25) is 4.79 Å². The van der Waals surface area contributed by atoms with Gasteiger partial charge in [-0.25, -0.2) is 9.59 Å². The number of aromatic amines is 1. The maximum Gasteiger partial charge on any atom is 0.408 e. The smallest absolute Gasteiger partial charge is 0.408 e. The van der Waals surface area contributed by atoms with E-state index < -0.39 is 35.7 Å². The van der Waals surface area contributed by atoms with Gasteiger partial charge >= 0.3 is 12.1 Å². The molecule has 9 nitrogen and oxygen atoms in total. The molecule has 3 aromatic rings. The summed E-state index contributed by atoms with van der Waals surface area (Å²) < 4.78 is 5.10. The number of amides is 2. The number of carboxylic acids is 1. The maximum absolute atomic E-state index is 11.8. The first kappa shape index (κ1) is 27.1. The van der Waals surface area contributed by atoms with Gasteiger partial charge in [-0.15, -0.1) is 0 Å². The van der Waals surface area contributed by atoms with Gasteiger partial charge in [0, 0.05) is 29.1 Å². The van der Waals surface area contributed by atoms with Gasteiger partial charge in [0.1, 0.15) is 11.6 Å². The van der Waals surface area contributed by atoms with Crippen LogP contribution in [0.3, 0.4) is 0 Å². The van der Waals surface area contributed by atoms with Crippen LogP contribution < -0.4 is 16.8 Å². The predicted octanol–water partition coefficient (Wildman–Crippen LogP) is 3.42. The number of nitrogens with one attached hydrogen (secondary N) is 2. The molecule has 7 N–H and O–H groups in total. The lowest BCUT2D eigenvalue weighted by molar-refractivity contribution is -0.139. The highest BCUT2D eigenvalue weighted by atomic mass is 16.6. The molecule has 2 atom stereocenters. The van der Waals surface area contributed by atoms with E-state index in [4.69, 9.17) is 16.2 Å². The first-order valence-electron chi connectivity index (χ1n) is 11.0. The Hall–Kier alpha value is -4.11. The van der Waals surface area contributed by atoms with Crippen molar-refractivity contribution >= 4 is 28.9 Å². The number of aliphatic carboxylic acids is 1. The summed E-state index contributed by atoms with van der Waals surface area (Å²) in [5.74, 6) is -1.66. The van der Waals surface area contributed by atoms with Gasteiger partial charge in [-0.1, -0.05) is 55.1 Å². The summed E-state index contributed by atoms with van der Waals surface area (Å²) in [7, 11) is 0. The van der Waals surface area contributed by atoms with E-state index in [-0.39, 0.29) is 12.0 Å². The number of aromatic nitrogens is 1. The molecule has 35 heavy (non-hydrogen) atoms. The molecule has 0 saturated heterocycles. The number of hydrogen-bond donors (Lipinski definition) is 5. The largest absolute Gasteiger partial charge is 0.480 e. The number of carbonyl (C=O) groups excluding carboxylic acids is 2. The van der Waals surface area contributed by atoms with Crippen LogP contribution in [0.1, 0.15) is 37.9 Å². The molecule has 2 amide bonds. The number of para-hydroxylation sites is 1. The molecule has 0 aliphatic carbocycles. The fourth-order valence-corrected chi connectivity index (χ4v) is 3.19. The number of fused-ring (bicyclic) bond motifs is 1. The zero-order chi connectivity index (χ0) is 26.2. The highest BCUT2D eigenvalue weighted by Crippen LogP contribution is 2.19. The van der Waals surface area contributed by atoms with E-state index in [1.807, 2.05) is 54.6 Å². The van der Waals surface area contributed by atoms with Crippen LogP contribution in [0.15, 0.2) is 72.9 Å². The Bertz CT molecular complexity index is 1180. The van der Waals surface area contributed by atoms with Crippen LogP contribution in [0.5, 0.6) is 0 Å². The Kier molecular flexibility index (Phi) is 9.18. The minimum atomic E-state index is -1.10. The van der Waals surface area contributed by atoms with Crippen molar-refractivity contribution in [1.29, 1.82) is 0 Å². The molecule has 0 bridgehead atoms. The summed E-state index contributed by atoms with van der Waals surface area (Å²) in [5, 5.41) is 12.7. The topological polar surface area (TPSA) is 161 Å². The van der Waals surface area contributed by atoms with Crippen LogP contribution in [0.4, 0.5) is 4.79 Å². The molecule has 0 radical (unpaired) electrons. The number of rotatable bonds is 7. The van der Waals surface area contributed by atoms with E-state index in [2.05, 4.69) is 16.9 Å². The lowest BCUT2D eigenvalue weighted by atomic mass is 10.0. The van der Waals surface area contributed by atoms with Crippen molar-refractivity contribution in [3.63, 3.8) is 0 Å². The van der Waals surface area contributed by atoms with Crippen LogP contribution >= 0.6 is 0 Å². The summed E-state index contributed by atoms with van der Waals surface area (Å²) in [6, 6.07) is 15.3. The minimum Gasteiger partial charge on any atom is -0.480 e. The molecule has 1 heterocycles. The molecule has 2 aromatic carbocycles. The number of benzene rings is 2. The lowest BCUT2D eigenvalue weighted by Crippen LogP contribution is -2.44. The second kappa shape index (κ2) is 11.8. The first-order chi connectivity index (χ1) is 16.4. The lowest BCUT2D eigenvalue weighted by Gasteiger charge is -2.21. The standard InChI is InChI=1S/C16H20N2O4.C10H12N2O/c1-16(2,3)22-15(21)18-13(14(19)20)8-10-9-17-12-7-5-4-6-11(10)12;1-7(10(12)13)9(11)8-5-3-2-4-6-8/h4-7,9,13,17H,8H2,1-3H3,(H,18,21)(H,19,20);2-6,9H,1,11H2,(H2,12,13). The molecule has 3 rings (SSSR count). The van der Waals surface area contributed by atoms with Gasteiger partial charge in [0.2, 0.25) is 5.91 Å². The van der Waals surface area contributed by atoms with Gasteiger partial charge in [0.05, 0.1) is 6.04 Å². The second-order valence-corrected chi connectivity index (χ2v) is 8.88. The molecular formula is C26H32N4O5. The zero-order valence-corrected chi connectivity index (χ0v) is 20.1. The van der Waals surface area contributed by atoms with Gasteiger partial charge in [0.15, 0.2) is 0 Å². The van der Waals surface area contributed by atoms with E-state index in [0.29, 0.717) is 0 Å². The molecular weight excluding hydrogens is 448 g/mol. The number of nitrogens with two attached hydrogens (primary N) is 2. The van der Waals surface area contributed by atoms with Crippen LogP contribution in [-0.2, 0) is 20.7 Å². The summed E-state index contributed by atoms with van der Waals surface area (Å²) in [6.07, 6.45) is 1.20. The predicted molar refractivity (Wildman–Crippen MR) is 135 cm³/mol. The number of carbonyl (C=O) groups is 3. The third-order valence-corrected chi connectivity index (χ3v) is 4.94. The summed E-state index contributed by atoms with van der Waals surface area (Å²) in [4.78, 5) is 37.0. The van der Waals surface area contributed by atoms with E-state index in [1.165, 1.54) is 0 Å². The molecule has 0 fully saturated rings. The van der Waals surface area contributed by atoms with Crippen LogP contribution in [0.25, 0.3) is 10.9 Å². The summed E-state index contributed by atoms with van der Waals surface area (Å²) in [5.41, 5.74) is 13.0. The number of carboxylic acid groups (broad SMARTS) is 1. The molecule has 0 aliphatic heterocycles. The fourth-order valence-electron chi connectivity index (χ4n) is 3.19. The fraction of sp³-hybridized carbons (Fsp3) is 0.269. The quantitative estimate of drug-likeness (QED) is 0.326. The Balaban J connectivity index is 0.000000283.